The molecule has 1 aromatic carbocycles. The average molecular weight is 324 g/mol. The number of carbonyl (C=O) groups excluding carboxylic acids is 1. The van der Waals surface area contributed by atoms with E-state index in [1.807, 2.05) is 36.4 Å². The van der Waals surface area contributed by atoms with Gasteiger partial charge in [0.15, 0.2) is 6.10 Å². The summed E-state index contributed by atoms with van der Waals surface area (Å²) in [4.78, 5) is 20.6. The van der Waals surface area contributed by atoms with Crippen LogP contribution in [0.5, 0.6) is 0 Å². The van der Waals surface area contributed by atoms with Gasteiger partial charge in [0.25, 0.3) is 5.91 Å². The van der Waals surface area contributed by atoms with Crippen LogP contribution in [-0.2, 0) is 16.1 Å². The number of hydrogen-bond acceptors (Lipinski definition) is 6. The van der Waals surface area contributed by atoms with Crippen LogP contribution in [0.25, 0.3) is 11.5 Å². The van der Waals surface area contributed by atoms with Crippen LogP contribution in [0.4, 0.5) is 0 Å². The Morgan fingerprint density at radius 1 is 1.21 bits per heavy atom. The van der Waals surface area contributed by atoms with E-state index in [0.717, 1.165) is 5.56 Å². The smallest absolute Gasteiger partial charge is 0.254 e. The van der Waals surface area contributed by atoms with Crippen molar-refractivity contribution in [3.63, 3.8) is 0 Å². The molecule has 0 saturated heterocycles. The first kappa shape index (κ1) is 15.8. The number of rotatable bonds is 6. The van der Waals surface area contributed by atoms with E-state index in [2.05, 4.69) is 20.4 Å². The molecule has 1 atom stereocenters. The number of nitrogens with zero attached hydrogens (tertiary/aromatic N) is 3. The van der Waals surface area contributed by atoms with Gasteiger partial charge in [-0.05, 0) is 17.7 Å². The molecular formula is C17H16N4O3. The fourth-order valence-corrected chi connectivity index (χ4v) is 2.20. The molecule has 0 aliphatic heterocycles. The van der Waals surface area contributed by atoms with Gasteiger partial charge in [-0.25, -0.2) is 0 Å². The van der Waals surface area contributed by atoms with E-state index in [4.69, 9.17) is 9.26 Å². The van der Waals surface area contributed by atoms with Crippen LogP contribution in [0.2, 0.25) is 0 Å². The highest BCUT2D eigenvalue weighted by Gasteiger charge is 2.20. The molecule has 0 aliphatic rings. The highest BCUT2D eigenvalue weighted by atomic mass is 16.5. The van der Waals surface area contributed by atoms with Crippen LogP contribution < -0.4 is 5.32 Å². The number of pyridine rings is 1. The average Bonchev–Trinajstić information content (AvgIpc) is 3.11. The van der Waals surface area contributed by atoms with Crippen LogP contribution in [0, 0.1) is 0 Å². The summed E-state index contributed by atoms with van der Waals surface area (Å²) in [6.07, 6.45) is 0.959. The van der Waals surface area contributed by atoms with Crippen molar-refractivity contribution in [2.75, 3.05) is 7.11 Å². The Labute approximate surface area is 138 Å². The summed E-state index contributed by atoms with van der Waals surface area (Å²) >= 11 is 0. The van der Waals surface area contributed by atoms with E-state index in [9.17, 15) is 4.79 Å². The van der Waals surface area contributed by atoms with Gasteiger partial charge in [-0.3, -0.25) is 9.78 Å². The molecule has 0 saturated carbocycles. The highest BCUT2D eigenvalue weighted by Crippen LogP contribution is 2.16. The maximum atomic E-state index is 12.3. The fraction of sp³-hybridized carbons (Fsp3) is 0.176. The van der Waals surface area contributed by atoms with E-state index in [0.29, 0.717) is 17.4 Å². The number of amides is 1. The van der Waals surface area contributed by atoms with Crippen molar-refractivity contribution in [1.82, 2.24) is 20.4 Å². The second kappa shape index (κ2) is 7.47. The molecule has 122 valence electrons. The molecule has 0 bridgehead atoms. The lowest BCUT2D eigenvalue weighted by Gasteiger charge is -2.14. The quantitative estimate of drug-likeness (QED) is 0.747. The monoisotopic (exact) mass is 324 g/mol. The zero-order valence-electron chi connectivity index (χ0n) is 13.0. The molecule has 0 spiro atoms. The molecule has 0 radical (unpaired) electrons. The summed E-state index contributed by atoms with van der Waals surface area (Å²) in [6.45, 7) is 0.116. The maximum Gasteiger partial charge on any atom is 0.254 e. The molecule has 0 fully saturated rings. The molecular weight excluding hydrogens is 308 g/mol. The Balaban J connectivity index is 1.63. The first-order chi connectivity index (χ1) is 11.8. The van der Waals surface area contributed by atoms with Crippen molar-refractivity contribution in [2.24, 2.45) is 0 Å². The van der Waals surface area contributed by atoms with Crippen molar-refractivity contribution in [3.05, 3.63) is 66.2 Å². The molecule has 0 aliphatic carbocycles. The highest BCUT2D eigenvalue weighted by molar-refractivity contribution is 5.82. The largest absolute Gasteiger partial charge is 0.367 e. The summed E-state index contributed by atoms with van der Waals surface area (Å²) < 4.78 is 10.4. The molecule has 2 heterocycles. The summed E-state index contributed by atoms with van der Waals surface area (Å²) in [7, 11) is 1.49. The number of ether oxygens (including phenoxy) is 1. The molecule has 3 rings (SSSR count). The zero-order valence-corrected chi connectivity index (χ0v) is 13.0. The van der Waals surface area contributed by atoms with E-state index < -0.39 is 6.10 Å². The van der Waals surface area contributed by atoms with E-state index in [1.165, 1.54) is 7.11 Å². The van der Waals surface area contributed by atoms with Crippen molar-refractivity contribution >= 4 is 5.91 Å². The number of aromatic nitrogens is 3. The molecule has 1 N–H and O–H groups in total. The van der Waals surface area contributed by atoms with Gasteiger partial charge in [0, 0.05) is 13.3 Å². The van der Waals surface area contributed by atoms with Crippen LogP contribution >= 0.6 is 0 Å². The van der Waals surface area contributed by atoms with Gasteiger partial charge in [-0.1, -0.05) is 41.6 Å². The summed E-state index contributed by atoms with van der Waals surface area (Å²) in [5.41, 5.74) is 1.38. The van der Waals surface area contributed by atoms with Gasteiger partial charge < -0.3 is 14.6 Å². The van der Waals surface area contributed by atoms with E-state index in [-0.39, 0.29) is 12.5 Å². The van der Waals surface area contributed by atoms with Crippen molar-refractivity contribution in [1.29, 1.82) is 0 Å². The minimum Gasteiger partial charge on any atom is -0.367 e. The first-order valence-corrected chi connectivity index (χ1v) is 7.37. The summed E-state index contributed by atoms with van der Waals surface area (Å²) in [5.74, 6) is 0.402. The Kier molecular flexibility index (Phi) is 4.93. The van der Waals surface area contributed by atoms with Gasteiger partial charge in [0.1, 0.15) is 5.69 Å². The topological polar surface area (TPSA) is 90.1 Å². The molecule has 3 aromatic rings. The predicted molar refractivity (Wildman–Crippen MR) is 85.6 cm³/mol. The van der Waals surface area contributed by atoms with Crippen LogP contribution in [-0.4, -0.2) is 28.1 Å². The maximum absolute atomic E-state index is 12.3. The molecule has 24 heavy (non-hydrogen) atoms. The van der Waals surface area contributed by atoms with Crippen LogP contribution in [0.3, 0.4) is 0 Å². The number of methoxy groups -OCH3 is 1. The standard InChI is InChI=1S/C17H16N4O3/c1-23-15(12-7-3-2-4-8-12)17(22)19-11-14-20-16(21-24-14)13-9-5-6-10-18-13/h2-10,15H,11H2,1H3,(H,19,22)/t15-/m1/s1. The van der Waals surface area contributed by atoms with Gasteiger partial charge in [-0.15, -0.1) is 0 Å². The number of benzene rings is 1. The number of nitrogens with one attached hydrogen (secondary N) is 1. The minimum absolute atomic E-state index is 0.116. The third kappa shape index (κ3) is 3.64. The lowest BCUT2D eigenvalue weighted by molar-refractivity contribution is -0.131. The number of carbonyl (C=O) groups is 1. The summed E-state index contributed by atoms with van der Waals surface area (Å²) in [6, 6.07) is 14.7. The Hall–Kier alpha value is -3.06. The fourth-order valence-electron chi connectivity index (χ4n) is 2.20. The van der Waals surface area contributed by atoms with Crippen molar-refractivity contribution in [2.45, 2.75) is 12.6 Å². The number of hydrogen-bond donors (Lipinski definition) is 1. The summed E-state index contributed by atoms with van der Waals surface area (Å²) in [5, 5.41) is 6.59. The minimum atomic E-state index is -0.690. The van der Waals surface area contributed by atoms with Gasteiger partial charge in [0.05, 0.1) is 6.54 Å². The normalized spacial score (nSPS) is 11.9. The molecule has 2 aromatic heterocycles. The van der Waals surface area contributed by atoms with Gasteiger partial charge >= 0.3 is 0 Å². The SMILES string of the molecule is CO[C@@H](C(=O)NCc1nc(-c2ccccn2)no1)c1ccccc1. The lowest BCUT2D eigenvalue weighted by Crippen LogP contribution is -2.30. The molecule has 0 unspecified atom stereocenters. The van der Waals surface area contributed by atoms with Crippen LogP contribution in [0.1, 0.15) is 17.6 Å². The van der Waals surface area contributed by atoms with Crippen molar-refractivity contribution in [3.8, 4) is 11.5 Å². The van der Waals surface area contributed by atoms with Crippen molar-refractivity contribution < 1.29 is 14.1 Å². The third-order valence-electron chi connectivity index (χ3n) is 3.35. The van der Waals surface area contributed by atoms with Crippen LogP contribution in [0.15, 0.2) is 59.3 Å². The van der Waals surface area contributed by atoms with E-state index >= 15 is 0 Å². The predicted octanol–water partition coefficient (Wildman–Crippen LogP) is 2.14. The Bertz CT molecular complexity index is 790. The second-order valence-corrected chi connectivity index (χ2v) is 4.97. The molecule has 7 heteroatoms. The molecule has 1 amide bonds. The Morgan fingerprint density at radius 2 is 2.00 bits per heavy atom. The lowest BCUT2D eigenvalue weighted by atomic mass is 10.1. The van der Waals surface area contributed by atoms with E-state index in [1.54, 1.807) is 18.3 Å². The zero-order chi connectivity index (χ0) is 16.8. The van der Waals surface area contributed by atoms with Gasteiger partial charge in [-0.2, -0.15) is 4.98 Å². The third-order valence-corrected chi connectivity index (χ3v) is 3.35. The Morgan fingerprint density at radius 3 is 2.71 bits per heavy atom. The molecule has 7 nitrogen and oxygen atoms in total. The first-order valence-electron chi connectivity index (χ1n) is 7.37. The van der Waals surface area contributed by atoms with Gasteiger partial charge in [0.2, 0.25) is 11.7 Å². The second-order valence-electron chi connectivity index (χ2n) is 4.97.